The third-order valence-electron chi connectivity index (χ3n) is 3.55. The Balaban J connectivity index is 3.13. The molecule has 0 saturated carbocycles. The van der Waals surface area contributed by atoms with E-state index < -0.39 is 0 Å². The molecule has 20 heavy (non-hydrogen) atoms. The molecule has 0 bridgehead atoms. The number of methoxy groups -OCH3 is 1. The molecule has 4 heteroatoms. The van der Waals surface area contributed by atoms with Crippen LogP contribution in [0.1, 0.15) is 38.8 Å². The van der Waals surface area contributed by atoms with Crippen LogP contribution in [0.4, 0.5) is 0 Å². The first-order valence-electron chi connectivity index (χ1n) is 7.28. The van der Waals surface area contributed by atoms with E-state index in [0.717, 1.165) is 24.3 Å². The number of rotatable bonds is 8. The fraction of sp³-hybridized carbons (Fsp3) is 0.625. The predicted octanol–water partition coefficient (Wildman–Crippen LogP) is 2.18. The summed E-state index contributed by atoms with van der Waals surface area (Å²) in [6.07, 6.45) is 0.747. The van der Waals surface area contributed by atoms with Crippen molar-refractivity contribution in [3.05, 3.63) is 29.8 Å². The van der Waals surface area contributed by atoms with Crippen LogP contribution in [0.2, 0.25) is 0 Å². The number of nitrogens with zero attached hydrogens (tertiary/aromatic N) is 1. The highest BCUT2D eigenvalue weighted by atomic mass is 16.5. The van der Waals surface area contributed by atoms with Gasteiger partial charge in [0.1, 0.15) is 5.75 Å². The van der Waals surface area contributed by atoms with Crippen molar-refractivity contribution in [2.45, 2.75) is 45.3 Å². The largest absolute Gasteiger partial charge is 0.496 e. The molecule has 0 aliphatic rings. The topological polar surface area (TPSA) is 58.7 Å². The van der Waals surface area contributed by atoms with E-state index in [4.69, 9.17) is 15.6 Å². The molecular weight excluding hydrogens is 252 g/mol. The Hall–Kier alpha value is -1.10. The Bertz CT molecular complexity index is 394. The van der Waals surface area contributed by atoms with Gasteiger partial charge in [-0.15, -0.1) is 0 Å². The van der Waals surface area contributed by atoms with Crippen molar-refractivity contribution in [2.24, 2.45) is 5.73 Å². The maximum Gasteiger partial charge on any atom is 0.123 e. The minimum absolute atomic E-state index is 0.0209. The molecule has 0 spiro atoms. The summed E-state index contributed by atoms with van der Waals surface area (Å²) in [6, 6.07) is 8.43. The van der Waals surface area contributed by atoms with Gasteiger partial charge in [-0.05, 0) is 33.3 Å². The number of aliphatic hydroxyl groups excluding tert-OH is 1. The molecule has 0 fully saturated rings. The van der Waals surface area contributed by atoms with Gasteiger partial charge in [-0.2, -0.15) is 0 Å². The van der Waals surface area contributed by atoms with Gasteiger partial charge in [0.15, 0.2) is 0 Å². The molecule has 0 aromatic heterocycles. The van der Waals surface area contributed by atoms with E-state index in [1.54, 1.807) is 7.11 Å². The molecule has 4 nitrogen and oxygen atoms in total. The lowest BCUT2D eigenvalue weighted by molar-refractivity contribution is 0.121. The third kappa shape index (κ3) is 4.20. The van der Waals surface area contributed by atoms with Gasteiger partial charge < -0.3 is 15.6 Å². The molecular formula is C16H28N2O2. The van der Waals surface area contributed by atoms with Gasteiger partial charge >= 0.3 is 0 Å². The molecule has 0 saturated heterocycles. The third-order valence-corrected chi connectivity index (χ3v) is 3.55. The van der Waals surface area contributed by atoms with Gasteiger partial charge in [-0.25, -0.2) is 0 Å². The second-order valence-electron chi connectivity index (χ2n) is 5.45. The lowest BCUT2D eigenvalue weighted by Crippen LogP contribution is -2.44. The zero-order valence-corrected chi connectivity index (χ0v) is 13.0. The van der Waals surface area contributed by atoms with E-state index in [1.807, 2.05) is 25.1 Å². The Morgan fingerprint density at radius 1 is 1.25 bits per heavy atom. The number of aliphatic hydroxyl groups is 1. The number of benzene rings is 1. The standard InChI is InChI=1S/C16H28N2O2/c1-12(2)18(10-7-11-19)16(13(3)17)14-8-5-6-9-15(14)20-4/h5-6,8-9,12-13,16,19H,7,10-11,17H2,1-4H3. The quantitative estimate of drug-likeness (QED) is 0.766. The van der Waals surface area contributed by atoms with Gasteiger partial charge in [-0.3, -0.25) is 4.90 Å². The van der Waals surface area contributed by atoms with Gasteiger partial charge in [0.25, 0.3) is 0 Å². The Morgan fingerprint density at radius 3 is 2.40 bits per heavy atom. The highest BCUT2D eigenvalue weighted by Gasteiger charge is 2.28. The molecule has 0 amide bonds. The van der Waals surface area contributed by atoms with Crippen LogP contribution in [-0.4, -0.2) is 42.4 Å². The van der Waals surface area contributed by atoms with Crippen LogP contribution < -0.4 is 10.5 Å². The molecule has 114 valence electrons. The number of nitrogens with two attached hydrogens (primary N) is 1. The summed E-state index contributed by atoms with van der Waals surface area (Å²) in [6.45, 7) is 7.34. The van der Waals surface area contributed by atoms with Crippen LogP contribution >= 0.6 is 0 Å². The van der Waals surface area contributed by atoms with E-state index in [9.17, 15) is 0 Å². The van der Waals surface area contributed by atoms with Crippen molar-refractivity contribution in [2.75, 3.05) is 20.3 Å². The van der Waals surface area contributed by atoms with Crippen molar-refractivity contribution in [1.29, 1.82) is 0 Å². The molecule has 1 rings (SSSR count). The van der Waals surface area contributed by atoms with E-state index in [0.29, 0.717) is 6.04 Å². The van der Waals surface area contributed by atoms with Crippen LogP contribution in [-0.2, 0) is 0 Å². The summed E-state index contributed by atoms with van der Waals surface area (Å²) in [5.41, 5.74) is 7.35. The van der Waals surface area contributed by atoms with Crippen LogP contribution in [0.25, 0.3) is 0 Å². The Labute approximate surface area is 122 Å². The monoisotopic (exact) mass is 280 g/mol. The molecule has 2 unspecified atom stereocenters. The van der Waals surface area contributed by atoms with E-state index >= 15 is 0 Å². The smallest absolute Gasteiger partial charge is 0.123 e. The van der Waals surface area contributed by atoms with E-state index in [-0.39, 0.29) is 18.7 Å². The summed E-state index contributed by atoms with van der Waals surface area (Å²) in [4.78, 5) is 2.33. The van der Waals surface area contributed by atoms with E-state index in [2.05, 4.69) is 24.8 Å². The molecule has 0 aliphatic carbocycles. The summed E-state index contributed by atoms with van der Waals surface area (Å²) in [7, 11) is 1.69. The number of ether oxygens (including phenoxy) is 1. The average Bonchev–Trinajstić information content (AvgIpc) is 2.42. The highest BCUT2D eigenvalue weighted by Crippen LogP contribution is 2.32. The Morgan fingerprint density at radius 2 is 1.90 bits per heavy atom. The second-order valence-corrected chi connectivity index (χ2v) is 5.45. The fourth-order valence-corrected chi connectivity index (χ4v) is 2.65. The maximum atomic E-state index is 9.11. The summed E-state index contributed by atoms with van der Waals surface area (Å²) >= 11 is 0. The van der Waals surface area contributed by atoms with Crippen molar-refractivity contribution in [3.8, 4) is 5.75 Å². The lowest BCUT2D eigenvalue weighted by Gasteiger charge is -2.38. The lowest BCUT2D eigenvalue weighted by atomic mass is 9.96. The molecule has 0 radical (unpaired) electrons. The molecule has 3 N–H and O–H groups in total. The van der Waals surface area contributed by atoms with Crippen molar-refractivity contribution < 1.29 is 9.84 Å². The Kier molecular flexibility index (Phi) is 6.99. The molecule has 0 heterocycles. The predicted molar refractivity (Wildman–Crippen MR) is 82.9 cm³/mol. The summed E-state index contributed by atoms with van der Waals surface area (Å²) < 4.78 is 5.48. The van der Waals surface area contributed by atoms with Gasteiger partial charge in [0.2, 0.25) is 0 Å². The second kappa shape index (κ2) is 8.25. The van der Waals surface area contributed by atoms with Crippen molar-refractivity contribution in [3.63, 3.8) is 0 Å². The van der Waals surface area contributed by atoms with Gasteiger partial charge in [0, 0.05) is 30.8 Å². The number of para-hydroxylation sites is 1. The molecule has 2 atom stereocenters. The van der Waals surface area contributed by atoms with Gasteiger partial charge in [-0.1, -0.05) is 18.2 Å². The molecule has 1 aromatic rings. The maximum absolute atomic E-state index is 9.11. The molecule has 1 aromatic carbocycles. The van der Waals surface area contributed by atoms with Gasteiger partial charge in [0.05, 0.1) is 13.2 Å². The van der Waals surface area contributed by atoms with Crippen LogP contribution in [0.5, 0.6) is 5.75 Å². The fourth-order valence-electron chi connectivity index (χ4n) is 2.65. The summed E-state index contributed by atoms with van der Waals surface area (Å²) in [5.74, 6) is 0.865. The normalized spacial score (nSPS) is 14.6. The summed E-state index contributed by atoms with van der Waals surface area (Å²) in [5, 5.41) is 9.11. The zero-order valence-electron chi connectivity index (χ0n) is 13.0. The van der Waals surface area contributed by atoms with Crippen LogP contribution in [0, 0.1) is 0 Å². The van der Waals surface area contributed by atoms with Crippen LogP contribution in [0.3, 0.4) is 0 Å². The minimum Gasteiger partial charge on any atom is -0.496 e. The van der Waals surface area contributed by atoms with Crippen molar-refractivity contribution >= 4 is 0 Å². The number of hydrogen-bond donors (Lipinski definition) is 2. The average molecular weight is 280 g/mol. The minimum atomic E-state index is -0.0209. The molecule has 0 aliphatic heterocycles. The first kappa shape index (κ1) is 17.0. The SMILES string of the molecule is COc1ccccc1C(C(C)N)N(CCCO)C(C)C. The zero-order chi connectivity index (χ0) is 15.1. The van der Waals surface area contributed by atoms with Crippen LogP contribution in [0.15, 0.2) is 24.3 Å². The first-order valence-corrected chi connectivity index (χ1v) is 7.28. The van der Waals surface area contributed by atoms with Crippen molar-refractivity contribution in [1.82, 2.24) is 4.90 Å². The van der Waals surface area contributed by atoms with E-state index in [1.165, 1.54) is 0 Å². The number of hydrogen-bond acceptors (Lipinski definition) is 4. The first-order chi connectivity index (χ1) is 9.52. The highest BCUT2D eigenvalue weighted by molar-refractivity contribution is 5.36.